The summed E-state index contributed by atoms with van der Waals surface area (Å²) in [5.74, 6) is 6.54. The van der Waals surface area contributed by atoms with Crippen molar-refractivity contribution in [2.75, 3.05) is 11.2 Å². The van der Waals surface area contributed by atoms with Gasteiger partial charge in [0.15, 0.2) is 5.82 Å². The molecule has 0 aliphatic carbocycles. The van der Waals surface area contributed by atoms with Crippen LogP contribution in [-0.4, -0.2) is 26.0 Å². The fourth-order valence-electron chi connectivity index (χ4n) is 2.39. The van der Waals surface area contributed by atoms with E-state index in [9.17, 15) is 4.79 Å². The number of rotatable bonds is 5. The highest BCUT2D eigenvalue weighted by molar-refractivity contribution is 8.00. The Bertz CT molecular complexity index is 943. The van der Waals surface area contributed by atoms with Gasteiger partial charge in [-0.2, -0.15) is 0 Å². The van der Waals surface area contributed by atoms with E-state index < -0.39 is 5.25 Å². The Labute approximate surface area is 160 Å². The normalized spacial score (nSPS) is 12.0. The fraction of sp³-hybridized carbons (Fsp3) is 0.167. The molecule has 1 amide bonds. The Hall–Kier alpha value is -2.51. The van der Waals surface area contributed by atoms with Crippen LogP contribution in [0, 0.1) is 6.92 Å². The number of hydrogen-bond acceptors (Lipinski definition) is 5. The van der Waals surface area contributed by atoms with Gasteiger partial charge in [-0.15, -0.1) is 10.2 Å². The van der Waals surface area contributed by atoms with Gasteiger partial charge in [0.2, 0.25) is 11.1 Å². The summed E-state index contributed by atoms with van der Waals surface area (Å²) in [5.41, 5.74) is 2.60. The molecule has 0 unspecified atom stereocenters. The highest BCUT2D eigenvalue weighted by Gasteiger charge is 2.20. The molecule has 0 spiro atoms. The molecule has 1 aromatic heterocycles. The summed E-state index contributed by atoms with van der Waals surface area (Å²) in [5, 5.41) is 11.7. The van der Waals surface area contributed by atoms with E-state index in [4.69, 9.17) is 17.4 Å². The second kappa shape index (κ2) is 7.80. The lowest BCUT2D eigenvalue weighted by Gasteiger charge is -2.12. The van der Waals surface area contributed by atoms with Gasteiger partial charge in [0.1, 0.15) is 0 Å². The van der Waals surface area contributed by atoms with Gasteiger partial charge in [0, 0.05) is 16.3 Å². The summed E-state index contributed by atoms with van der Waals surface area (Å²) in [4.78, 5) is 12.4. The molecule has 3 N–H and O–H groups in total. The van der Waals surface area contributed by atoms with E-state index in [0.717, 1.165) is 11.1 Å². The fourth-order valence-corrected chi connectivity index (χ4v) is 3.35. The summed E-state index contributed by atoms with van der Waals surface area (Å²) < 4.78 is 1.41. The summed E-state index contributed by atoms with van der Waals surface area (Å²) in [6.07, 6.45) is 0. The van der Waals surface area contributed by atoms with Crippen molar-refractivity contribution < 1.29 is 4.79 Å². The standard InChI is InChI=1S/C18H18ClN5OS/c1-11-6-3-4-9-15(11)16-22-23-18(24(16)20)26-12(2)17(25)21-14-8-5-7-13(19)10-14/h3-10,12H,20H2,1-2H3,(H,21,25)/t12-/m1/s1. The smallest absolute Gasteiger partial charge is 0.237 e. The van der Waals surface area contributed by atoms with E-state index in [1.54, 1.807) is 31.2 Å². The Morgan fingerprint density at radius 2 is 2.00 bits per heavy atom. The van der Waals surface area contributed by atoms with Crippen LogP contribution in [0.25, 0.3) is 11.4 Å². The van der Waals surface area contributed by atoms with Crippen LogP contribution in [-0.2, 0) is 4.79 Å². The van der Waals surface area contributed by atoms with Crippen LogP contribution >= 0.6 is 23.4 Å². The number of halogens is 1. The number of nitrogens with one attached hydrogen (secondary N) is 1. The van der Waals surface area contributed by atoms with Crippen LogP contribution in [0.5, 0.6) is 0 Å². The van der Waals surface area contributed by atoms with E-state index in [2.05, 4.69) is 15.5 Å². The third kappa shape index (κ3) is 4.00. The summed E-state index contributed by atoms with van der Waals surface area (Å²) in [6.45, 7) is 3.77. The molecule has 0 aliphatic heterocycles. The lowest BCUT2D eigenvalue weighted by Crippen LogP contribution is -2.23. The van der Waals surface area contributed by atoms with E-state index in [1.807, 2.05) is 31.2 Å². The zero-order valence-electron chi connectivity index (χ0n) is 14.3. The van der Waals surface area contributed by atoms with Crippen LogP contribution in [0.4, 0.5) is 5.69 Å². The van der Waals surface area contributed by atoms with E-state index in [0.29, 0.717) is 21.7 Å². The minimum absolute atomic E-state index is 0.169. The molecule has 1 atom stereocenters. The van der Waals surface area contributed by atoms with Crippen LogP contribution < -0.4 is 11.2 Å². The van der Waals surface area contributed by atoms with Crippen molar-refractivity contribution in [3.63, 3.8) is 0 Å². The first-order valence-electron chi connectivity index (χ1n) is 7.95. The molecule has 8 heteroatoms. The summed E-state index contributed by atoms with van der Waals surface area (Å²) in [6, 6.07) is 14.8. The topological polar surface area (TPSA) is 85.8 Å². The average molecular weight is 388 g/mol. The molecule has 1 heterocycles. The molecule has 0 saturated heterocycles. The lowest BCUT2D eigenvalue weighted by molar-refractivity contribution is -0.115. The minimum Gasteiger partial charge on any atom is -0.335 e. The van der Waals surface area contributed by atoms with Gasteiger partial charge >= 0.3 is 0 Å². The Morgan fingerprint density at radius 1 is 1.23 bits per heavy atom. The van der Waals surface area contributed by atoms with E-state index in [1.165, 1.54) is 16.4 Å². The van der Waals surface area contributed by atoms with Crippen molar-refractivity contribution in [3.05, 3.63) is 59.1 Å². The zero-order chi connectivity index (χ0) is 18.7. The summed E-state index contributed by atoms with van der Waals surface area (Å²) in [7, 11) is 0. The predicted octanol–water partition coefficient (Wildman–Crippen LogP) is 3.74. The number of amides is 1. The van der Waals surface area contributed by atoms with Crippen LogP contribution in [0.15, 0.2) is 53.7 Å². The van der Waals surface area contributed by atoms with Gasteiger partial charge in [-0.25, -0.2) is 4.68 Å². The number of carbonyl (C=O) groups is 1. The van der Waals surface area contributed by atoms with Crippen molar-refractivity contribution in [1.82, 2.24) is 14.9 Å². The van der Waals surface area contributed by atoms with Crippen LogP contribution in [0.2, 0.25) is 5.02 Å². The molecule has 2 aromatic carbocycles. The largest absolute Gasteiger partial charge is 0.335 e. The monoisotopic (exact) mass is 387 g/mol. The molecule has 0 radical (unpaired) electrons. The number of nitrogen functional groups attached to an aromatic ring is 1. The number of nitrogens with two attached hydrogens (primary N) is 1. The van der Waals surface area contributed by atoms with Crippen molar-refractivity contribution in [2.24, 2.45) is 0 Å². The van der Waals surface area contributed by atoms with Gasteiger partial charge in [0.25, 0.3) is 0 Å². The van der Waals surface area contributed by atoms with Crippen molar-refractivity contribution in [3.8, 4) is 11.4 Å². The SMILES string of the molecule is Cc1ccccc1-c1nnc(S[C@H](C)C(=O)Nc2cccc(Cl)c2)n1N. The second-order valence-corrected chi connectivity index (χ2v) is 7.50. The molecule has 0 fully saturated rings. The van der Waals surface area contributed by atoms with Gasteiger partial charge in [-0.3, -0.25) is 4.79 Å². The van der Waals surface area contributed by atoms with Crippen LogP contribution in [0.3, 0.4) is 0 Å². The molecule has 0 aliphatic rings. The van der Waals surface area contributed by atoms with Crippen molar-refractivity contribution in [2.45, 2.75) is 24.3 Å². The zero-order valence-corrected chi connectivity index (χ0v) is 15.9. The Morgan fingerprint density at radius 3 is 2.73 bits per heavy atom. The summed E-state index contributed by atoms with van der Waals surface area (Å²) >= 11 is 7.18. The third-order valence-electron chi connectivity index (χ3n) is 3.79. The first-order chi connectivity index (χ1) is 12.5. The number of aryl methyl sites for hydroxylation is 1. The molecule has 3 aromatic rings. The lowest BCUT2D eigenvalue weighted by atomic mass is 10.1. The molecular weight excluding hydrogens is 370 g/mol. The van der Waals surface area contributed by atoms with Gasteiger partial charge < -0.3 is 11.2 Å². The number of thioether (sulfide) groups is 1. The highest BCUT2D eigenvalue weighted by atomic mass is 35.5. The first-order valence-corrected chi connectivity index (χ1v) is 9.21. The maximum Gasteiger partial charge on any atom is 0.237 e. The predicted molar refractivity (Wildman–Crippen MR) is 106 cm³/mol. The number of nitrogens with zero attached hydrogens (tertiary/aromatic N) is 3. The number of aromatic nitrogens is 3. The highest BCUT2D eigenvalue weighted by Crippen LogP contribution is 2.27. The molecule has 26 heavy (non-hydrogen) atoms. The van der Waals surface area contributed by atoms with Gasteiger partial charge in [-0.05, 0) is 37.6 Å². The van der Waals surface area contributed by atoms with Gasteiger partial charge in [-0.1, -0.05) is 53.7 Å². The van der Waals surface area contributed by atoms with Gasteiger partial charge in [0.05, 0.1) is 5.25 Å². The quantitative estimate of drug-likeness (QED) is 0.514. The molecule has 3 rings (SSSR count). The number of benzene rings is 2. The molecular formula is C18H18ClN5OS. The number of hydrogen-bond donors (Lipinski definition) is 2. The molecule has 6 nitrogen and oxygen atoms in total. The van der Waals surface area contributed by atoms with Crippen molar-refractivity contribution >= 4 is 35.0 Å². The van der Waals surface area contributed by atoms with E-state index >= 15 is 0 Å². The third-order valence-corrected chi connectivity index (χ3v) is 5.09. The Balaban J connectivity index is 1.73. The second-order valence-electron chi connectivity index (χ2n) is 5.75. The first kappa shape index (κ1) is 18.3. The maximum absolute atomic E-state index is 12.4. The van der Waals surface area contributed by atoms with E-state index in [-0.39, 0.29) is 5.91 Å². The minimum atomic E-state index is -0.412. The average Bonchev–Trinajstić information content (AvgIpc) is 2.96. The molecule has 134 valence electrons. The number of carbonyl (C=O) groups excluding carboxylic acids is 1. The van der Waals surface area contributed by atoms with Crippen molar-refractivity contribution in [1.29, 1.82) is 0 Å². The number of anilines is 1. The molecule has 0 bridgehead atoms. The molecule has 0 saturated carbocycles. The van der Waals surface area contributed by atoms with Crippen LogP contribution in [0.1, 0.15) is 12.5 Å². The Kier molecular flexibility index (Phi) is 5.49. The maximum atomic E-state index is 12.4.